The topological polar surface area (TPSA) is 68.1 Å². The molecule has 1 heterocycles. The molecule has 1 aromatic heterocycles. The summed E-state index contributed by atoms with van der Waals surface area (Å²) in [6, 6.07) is 9.35. The van der Waals surface area contributed by atoms with Crippen LogP contribution in [-0.4, -0.2) is 9.91 Å². The largest absolute Gasteiger partial charge is 0.306 e. The molecule has 0 spiro atoms. The average Bonchev–Trinajstić information content (AvgIpc) is 2.46. The standard InChI is InChI=1S/C15H17N3O2/c1-11-5-6-13(8-15(11)18(19)20)9-17-12(2)14-4-3-7-16-10-14/h3-8,10,12,17H,9H2,1-2H3/t12-/m0/s1. The molecule has 0 radical (unpaired) electrons. The smallest absolute Gasteiger partial charge is 0.272 e. The minimum atomic E-state index is -0.344. The van der Waals surface area contributed by atoms with Gasteiger partial charge < -0.3 is 5.32 Å². The number of nitro groups is 1. The Morgan fingerprint density at radius 3 is 2.85 bits per heavy atom. The van der Waals surface area contributed by atoms with Crippen molar-refractivity contribution in [2.45, 2.75) is 26.4 Å². The maximum atomic E-state index is 10.9. The van der Waals surface area contributed by atoms with Crippen molar-refractivity contribution < 1.29 is 4.92 Å². The maximum absolute atomic E-state index is 10.9. The molecule has 104 valence electrons. The summed E-state index contributed by atoms with van der Waals surface area (Å²) < 4.78 is 0. The van der Waals surface area contributed by atoms with Gasteiger partial charge in [0.2, 0.25) is 0 Å². The lowest BCUT2D eigenvalue weighted by Gasteiger charge is -2.13. The fourth-order valence-electron chi connectivity index (χ4n) is 1.98. The summed E-state index contributed by atoms with van der Waals surface area (Å²) in [6.07, 6.45) is 3.55. The molecule has 5 heteroatoms. The van der Waals surface area contributed by atoms with E-state index in [9.17, 15) is 10.1 Å². The highest BCUT2D eigenvalue weighted by molar-refractivity contribution is 5.42. The average molecular weight is 271 g/mol. The highest BCUT2D eigenvalue weighted by atomic mass is 16.6. The predicted octanol–water partition coefficient (Wildman–Crippen LogP) is 3.15. The molecule has 0 aliphatic rings. The fourth-order valence-corrected chi connectivity index (χ4v) is 1.98. The molecule has 0 aliphatic carbocycles. The monoisotopic (exact) mass is 271 g/mol. The molecule has 1 N–H and O–H groups in total. The van der Waals surface area contributed by atoms with Crippen LogP contribution in [0, 0.1) is 17.0 Å². The van der Waals surface area contributed by atoms with Crippen molar-refractivity contribution in [3.8, 4) is 0 Å². The minimum Gasteiger partial charge on any atom is -0.306 e. The molecule has 0 bridgehead atoms. The molecular weight excluding hydrogens is 254 g/mol. The van der Waals surface area contributed by atoms with Crippen LogP contribution in [0.1, 0.15) is 29.7 Å². The summed E-state index contributed by atoms with van der Waals surface area (Å²) in [5, 5.41) is 14.2. The van der Waals surface area contributed by atoms with Gasteiger partial charge in [0.25, 0.3) is 5.69 Å². The third-order valence-electron chi connectivity index (χ3n) is 3.27. The summed E-state index contributed by atoms with van der Waals surface area (Å²) in [7, 11) is 0. The van der Waals surface area contributed by atoms with Gasteiger partial charge in [0, 0.05) is 36.6 Å². The molecule has 1 aromatic carbocycles. The molecule has 0 amide bonds. The number of hydrogen-bond acceptors (Lipinski definition) is 4. The Morgan fingerprint density at radius 2 is 2.20 bits per heavy atom. The van der Waals surface area contributed by atoms with Crippen LogP contribution in [0.15, 0.2) is 42.7 Å². The number of nitrogens with zero attached hydrogens (tertiary/aromatic N) is 2. The van der Waals surface area contributed by atoms with E-state index >= 15 is 0 Å². The van der Waals surface area contributed by atoms with Crippen LogP contribution in [0.25, 0.3) is 0 Å². The highest BCUT2D eigenvalue weighted by Gasteiger charge is 2.11. The fraction of sp³-hybridized carbons (Fsp3) is 0.267. The van der Waals surface area contributed by atoms with Crippen LogP contribution in [-0.2, 0) is 6.54 Å². The zero-order valence-corrected chi connectivity index (χ0v) is 11.5. The SMILES string of the molecule is Cc1ccc(CN[C@@H](C)c2cccnc2)cc1[N+](=O)[O-]. The first-order valence-corrected chi connectivity index (χ1v) is 6.45. The maximum Gasteiger partial charge on any atom is 0.272 e. The van der Waals surface area contributed by atoms with Crippen molar-refractivity contribution in [2.24, 2.45) is 0 Å². The van der Waals surface area contributed by atoms with E-state index in [1.165, 1.54) is 0 Å². The Bertz CT molecular complexity index is 599. The Hall–Kier alpha value is -2.27. The van der Waals surface area contributed by atoms with Gasteiger partial charge in [-0.1, -0.05) is 18.2 Å². The van der Waals surface area contributed by atoms with Crippen LogP contribution in [0.5, 0.6) is 0 Å². The third kappa shape index (κ3) is 3.39. The first-order chi connectivity index (χ1) is 9.58. The zero-order valence-electron chi connectivity index (χ0n) is 11.5. The molecule has 0 saturated carbocycles. The lowest BCUT2D eigenvalue weighted by molar-refractivity contribution is -0.385. The van der Waals surface area contributed by atoms with Crippen molar-refractivity contribution in [2.75, 3.05) is 0 Å². The summed E-state index contributed by atoms with van der Waals surface area (Å²) in [5.74, 6) is 0. The minimum absolute atomic E-state index is 0.143. The van der Waals surface area contributed by atoms with Gasteiger partial charge in [0.05, 0.1) is 4.92 Å². The van der Waals surface area contributed by atoms with Crippen molar-refractivity contribution in [1.82, 2.24) is 10.3 Å². The summed E-state index contributed by atoms with van der Waals surface area (Å²) >= 11 is 0. The van der Waals surface area contributed by atoms with Gasteiger partial charge in [-0.05, 0) is 31.0 Å². The van der Waals surface area contributed by atoms with Gasteiger partial charge in [0.1, 0.15) is 0 Å². The van der Waals surface area contributed by atoms with Gasteiger partial charge in [-0.25, -0.2) is 0 Å². The first kappa shape index (κ1) is 14.1. The van der Waals surface area contributed by atoms with Crippen LogP contribution in [0.2, 0.25) is 0 Å². The second-order valence-corrected chi connectivity index (χ2v) is 4.77. The number of rotatable bonds is 5. The Labute approximate surface area is 117 Å². The molecule has 0 unspecified atom stereocenters. The predicted molar refractivity (Wildman–Crippen MR) is 77.3 cm³/mol. The zero-order chi connectivity index (χ0) is 14.5. The molecule has 1 atom stereocenters. The molecule has 2 rings (SSSR count). The van der Waals surface area contributed by atoms with Crippen molar-refractivity contribution >= 4 is 5.69 Å². The summed E-state index contributed by atoms with van der Waals surface area (Å²) in [6.45, 7) is 4.37. The second-order valence-electron chi connectivity index (χ2n) is 4.77. The molecule has 2 aromatic rings. The van der Waals surface area contributed by atoms with E-state index < -0.39 is 0 Å². The number of nitrogens with one attached hydrogen (secondary N) is 1. The number of hydrogen-bond donors (Lipinski definition) is 1. The number of nitro benzene ring substituents is 1. The van der Waals surface area contributed by atoms with Crippen molar-refractivity contribution in [3.63, 3.8) is 0 Å². The van der Waals surface area contributed by atoms with Crippen LogP contribution in [0.3, 0.4) is 0 Å². The molecule has 0 saturated heterocycles. The van der Waals surface area contributed by atoms with E-state index in [1.54, 1.807) is 25.3 Å². The van der Waals surface area contributed by atoms with Crippen LogP contribution < -0.4 is 5.32 Å². The van der Waals surface area contributed by atoms with Crippen molar-refractivity contribution in [3.05, 3.63) is 69.5 Å². The van der Waals surface area contributed by atoms with Crippen LogP contribution in [0.4, 0.5) is 5.69 Å². The normalized spacial score (nSPS) is 12.1. The lowest BCUT2D eigenvalue weighted by atomic mass is 10.1. The number of pyridine rings is 1. The number of aryl methyl sites for hydroxylation is 1. The molecule has 5 nitrogen and oxygen atoms in total. The van der Waals surface area contributed by atoms with E-state index in [0.29, 0.717) is 12.1 Å². The van der Waals surface area contributed by atoms with E-state index in [-0.39, 0.29) is 16.7 Å². The Morgan fingerprint density at radius 1 is 1.40 bits per heavy atom. The lowest BCUT2D eigenvalue weighted by Crippen LogP contribution is -2.18. The second kappa shape index (κ2) is 6.25. The summed E-state index contributed by atoms with van der Waals surface area (Å²) in [4.78, 5) is 14.6. The Kier molecular flexibility index (Phi) is 4.42. The van der Waals surface area contributed by atoms with E-state index in [2.05, 4.69) is 10.3 Å². The molecular formula is C15H17N3O2. The Balaban J connectivity index is 2.04. The molecule has 0 fully saturated rings. The van der Waals surface area contributed by atoms with Crippen molar-refractivity contribution in [1.29, 1.82) is 0 Å². The molecule has 0 aliphatic heterocycles. The highest BCUT2D eigenvalue weighted by Crippen LogP contribution is 2.20. The summed E-state index contributed by atoms with van der Waals surface area (Å²) in [5.41, 5.74) is 2.84. The molecule has 20 heavy (non-hydrogen) atoms. The van der Waals surface area contributed by atoms with Gasteiger partial charge >= 0.3 is 0 Å². The van der Waals surface area contributed by atoms with E-state index in [1.807, 2.05) is 31.3 Å². The van der Waals surface area contributed by atoms with E-state index in [4.69, 9.17) is 0 Å². The van der Waals surface area contributed by atoms with Gasteiger partial charge in [-0.2, -0.15) is 0 Å². The number of benzene rings is 1. The third-order valence-corrected chi connectivity index (χ3v) is 3.27. The van der Waals surface area contributed by atoms with Gasteiger partial charge in [0.15, 0.2) is 0 Å². The van der Waals surface area contributed by atoms with Gasteiger partial charge in [-0.3, -0.25) is 15.1 Å². The van der Waals surface area contributed by atoms with Crippen LogP contribution >= 0.6 is 0 Å². The van der Waals surface area contributed by atoms with Gasteiger partial charge in [-0.15, -0.1) is 0 Å². The van der Waals surface area contributed by atoms with E-state index in [0.717, 1.165) is 11.1 Å². The quantitative estimate of drug-likeness (QED) is 0.670. The first-order valence-electron chi connectivity index (χ1n) is 6.45. The number of aromatic nitrogens is 1.